The summed E-state index contributed by atoms with van der Waals surface area (Å²) in [5.41, 5.74) is 2.24. The van der Waals surface area contributed by atoms with E-state index in [0.29, 0.717) is 13.2 Å². The molecule has 0 aliphatic carbocycles. The van der Waals surface area contributed by atoms with Gasteiger partial charge in [-0.1, -0.05) is 36.4 Å². The first kappa shape index (κ1) is 18.8. The molecule has 0 bridgehead atoms. The van der Waals surface area contributed by atoms with Gasteiger partial charge in [0.25, 0.3) is 0 Å². The highest BCUT2D eigenvalue weighted by Gasteiger charge is 2.29. The number of carbonyl (C=O) groups excluding carboxylic acids is 1. The predicted octanol–water partition coefficient (Wildman–Crippen LogP) is 3.20. The Morgan fingerprint density at radius 1 is 1.18 bits per heavy atom. The summed E-state index contributed by atoms with van der Waals surface area (Å²) in [6.07, 6.45) is 3.13. The Morgan fingerprint density at radius 3 is 2.75 bits per heavy atom. The van der Waals surface area contributed by atoms with E-state index in [1.54, 1.807) is 7.11 Å². The number of nitrogens with zero attached hydrogens (tertiary/aromatic N) is 1. The number of hydrogen-bond donors (Lipinski definition) is 1. The predicted molar refractivity (Wildman–Crippen MR) is 109 cm³/mol. The molecule has 2 aliphatic heterocycles. The van der Waals surface area contributed by atoms with Crippen molar-refractivity contribution in [1.82, 2.24) is 10.2 Å². The molecule has 0 unspecified atom stereocenters. The second-order valence-electron chi connectivity index (χ2n) is 7.57. The lowest BCUT2D eigenvalue weighted by Crippen LogP contribution is -2.42. The highest BCUT2D eigenvalue weighted by Crippen LogP contribution is 2.32. The Bertz CT molecular complexity index is 817. The van der Waals surface area contributed by atoms with Crippen LogP contribution >= 0.6 is 0 Å². The Balaban J connectivity index is 1.45. The molecule has 148 valence electrons. The smallest absolute Gasteiger partial charge is 0.226 e. The van der Waals surface area contributed by atoms with Gasteiger partial charge >= 0.3 is 0 Å². The van der Waals surface area contributed by atoms with Crippen LogP contribution in [0.1, 0.15) is 30.0 Å². The van der Waals surface area contributed by atoms with Crippen molar-refractivity contribution in [1.29, 1.82) is 0 Å². The number of ether oxygens (including phenoxy) is 2. The quantitative estimate of drug-likeness (QED) is 0.836. The van der Waals surface area contributed by atoms with Gasteiger partial charge in [-0.05, 0) is 50.0 Å². The number of nitrogens with one attached hydrogen (secondary N) is 1. The maximum Gasteiger partial charge on any atom is 0.226 e. The van der Waals surface area contributed by atoms with Gasteiger partial charge in [-0.2, -0.15) is 0 Å². The Hall–Kier alpha value is -2.53. The van der Waals surface area contributed by atoms with Crippen LogP contribution < -0.4 is 14.8 Å². The van der Waals surface area contributed by atoms with Gasteiger partial charge in [-0.15, -0.1) is 0 Å². The number of benzene rings is 2. The van der Waals surface area contributed by atoms with E-state index in [1.165, 1.54) is 12.8 Å². The summed E-state index contributed by atoms with van der Waals surface area (Å²) < 4.78 is 11.4. The molecular formula is C23H28N2O3. The first-order valence-electron chi connectivity index (χ1n) is 10.1. The topological polar surface area (TPSA) is 50.8 Å². The van der Waals surface area contributed by atoms with E-state index < -0.39 is 0 Å². The van der Waals surface area contributed by atoms with Gasteiger partial charge in [0, 0.05) is 12.1 Å². The number of amides is 1. The van der Waals surface area contributed by atoms with Crippen molar-refractivity contribution in [2.75, 3.05) is 33.4 Å². The van der Waals surface area contributed by atoms with Crippen molar-refractivity contribution in [3.05, 3.63) is 59.7 Å². The van der Waals surface area contributed by atoms with Gasteiger partial charge in [0.05, 0.1) is 19.1 Å². The minimum Gasteiger partial charge on any atom is -0.496 e. The number of fused-ring (bicyclic) bond motifs is 1. The molecule has 5 nitrogen and oxygen atoms in total. The van der Waals surface area contributed by atoms with Gasteiger partial charge in [0.2, 0.25) is 5.91 Å². The summed E-state index contributed by atoms with van der Waals surface area (Å²) in [6, 6.07) is 16.2. The molecule has 2 atom stereocenters. The van der Waals surface area contributed by atoms with Crippen molar-refractivity contribution < 1.29 is 14.3 Å². The SMILES string of the molecule is COc1ccccc1[C@H](CNC(=O)[C@@H]1COc2ccccc2C1)N1CCCC1. The first-order chi connectivity index (χ1) is 13.8. The highest BCUT2D eigenvalue weighted by atomic mass is 16.5. The van der Waals surface area contributed by atoms with Gasteiger partial charge in [-0.3, -0.25) is 9.69 Å². The van der Waals surface area contributed by atoms with Crippen LogP contribution in [0.25, 0.3) is 0 Å². The molecule has 2 aromatic carbocycles. The maximum atomic E-state index is 12.9. The Morgan fingerprint density at radius 2 is 1.93 bits per heavy atom. The van der Waals surface area contributed by atoms with Crippen molar-refractivity contribution in [3.8, 4) is 11.5 Å². The molecule has 28 heavy (non-hydrogen) atoms. The van der Waals surface area contributed by atoms with Crippen LogP contribution in [0.3, 0.4) is 0 Å². The van der Waals surface area contributed by atoms with Crippen LogP contribution in [-0.2, 0) is 11.2 Å². The number of hydrogen-bond acceptors (Lipinski definition) is 4. The molecule has 2 aliphatic rings. The van der Waals surface area contributed by atoms with Gasteiger partial charge in [0.1, 0.15) is 18.1 Å². The van der Waals surface area contributed by atoms with Crippen molar-refractivity contribution in [2.24, 2.45) is 5.92 Å². The van der Waals surface area contributed by atoms with Crippen molar-refractivity contribution in [3.63, 3.8) is 0 Å². The zero-order valence-electron chi connectivity index (χ0n) is 16.4. The average molecular weight is 380 g/mol. The number of para-hydroxylation sites is 2. The number of carbonyl (C=O) groups is 1. The van der Waals surface area contributed by atoms with E-state index in [-0.39, 0.29) is 17.9 Å². The molecule has 2 heterocycles. The zero-order valence-corrected chi connectivity index (χ0v) is 16.4. The van der Waals surface area contributed by atoms with Crippen LogP contribution in [0, 0.1) is 5.92 Å². The Kier molecular flexibility index (Phi) is 5.81. The third-order valence-electron chi connectivity index (χ3n) is 5.80. The number of rotatable bonds is 6. The minimum absolute atomic E-state index is 0.0635. The van der Waals surface area contributed by atoms with Crippen LogP contribution in [0.15, 0.2) is 48.5 Å². The molecule has 5 heteroatoms. The van der Waals surface area contributed by atoms with E-state index in [9.17, 15) is 4.79 Å². The fourth-order valence-corrected chi connectivity index (χ4v) is 4.27. The Labute approximate surface area is 166 Å². The van der Waals surface area contributed by atoms with Crippen molar-refractivity contribution >= 4 is 5.91 Å². The molecular weight excluding hydrogens is 352 g/mol. The van der Waals surface area contributed by atoms with E-state index in [1.807, 2.05) is 42.5 Å². The monoisotopic (exact) mass is 380 g/mol. The summed E-state index contributed by atoms with van der Waals surface area (Å²) in [5.74, 6) is 1.69. The molecule has 0 saturated carbocycles. The first-order valence-corrected chi connectivity index (χ1v) is 10.1. The molecule has 1 N–H and O–H groups in total. The summed E-state index contributed by atoms with van der Waals surface area (Å²) in [7, 11) is 1.70. The molecule has 4 rings (SSSR count). The third-order valence-corrected chi connectivity index (χ3v) is 5.80. The lowest BCUT2D eigenvalue weighted by atomic mass is 9.95. The summed E-state index contributed by atoms with van der Waals surface area (Å²) >= 11 is 0. The molecule has 0 radical (unpaired) electrons. The van der Waals surface area contributed by atoms with Gasteiger partial charge in [-0.25, -0.2) is 0 Å². The van der Waals surface area contributed by atoms with E-state index in [0.717, 1.165) is 42.1 Å². The summed E-state index contributed by atoms with van der Waals surface area (Å²) in [4.78, 5) is 15.3. The number of methoxy groups -OCH3 is 1. The summed E-state index contributed by atoms with van der Waals surface area (Å²) in [6.45, 7) is 3.13. The average Bonchev–Trinajstić information content (AvgIpc) is 3.28. The molecule has 1 amide bonds. The standard InChI is InChI=1S/C23H28N2O3/c1-27-22-11-5-3-9-19(22)20(25-12-6-7-13-25)15-24-23(26)18-14-17-8-2-4-10-21(17)28-16-18/h2-5,8-11,18,20H,6-7,12-16H2,1H3,(H,24,26)/t18-,20-/m0/s1. The lowest BCUT2D eigenvalue weighted by molar-refractivity contribution is -0.126. The van der Waals surface area contributed by atoms with Gasteiger partial charge in [0.15, 0.2) is 0 Å². The van der Waals surface area contributed by atoms with E-state index in [4.69, 9.17) is 9.47 Å². The van der Waals surface area contributed by atoms with Crippen LogP contribution in [0.4, 0.5) is 0 Å². The molecule has 1 fully saturated rings. The van der Waals surface area contributed by atoms with E-state index >= 15 is 0 Å². The fraction of sp³-hybridized carbons (Fsp3) is 0.435. The second kappa shape index (κ2) is 8.65. The van der Waals surface area contributed by atoms with Crippen molar-refractivity contribution in [2.45, 2.75) is 25.3 Å². The highest BCUT2D eigenvalue weighted by molar-refractivity contribution is 5.79. The normalized spacial score (nSPS) is 20.1. The second-order valence-corrected chi connectivity index (χ2v) is 7.57. The number of likely N-dealkylation sites (tertiary alicyclic amines) is 1. The van der Waals surface area contributed by atoms with Gasteiger partial charge < -0.3 is 14.8 Å². The third kappa shape index (κ3) is 3.99. The lowest BCUT2D eigenvalue weighted by Gasteiger charge is -2.30. The van der Waals surface area contributed by atoms with Crippen LogP contribution in [0.2, 0.25) is 0 Å². The summed E-state index contributed by atoms with van der Waals surface area (Å²) in [5, 5.41) is 3.19. The largest absolute Gasteiger partial charge is 0.496 e. The van der Waals surface area contributed by atoms with E-state index in [2.05, 4.69) is 16.3 Å². The fourth-order valence-electron chi connectivity index (χ4n) is 4.27. The minimum atomic E-state index is -0.146. The molecule has 2 aromatic rings. The molecule has 1 saturated heterocycles. The van der Waals surface area contributed by atoms with Crippen LogP contribution in [0.5, 0.6) is 11.5 Å². The zero-order chi connectivity index (χ0) is 19.3. The molecule has 0 spiro atoms. The molecule has 0 aromatic heterocycles. The van der Waals surface area contributed by atoms with Crippen LogP contribution in [-0.4, -0.2) is 44.2 Å². The maximum absolute atomic E-state index is 12.9.